The smallest absolute Gasteiger partial charge is 0.216 e. The second kappa shape index (κ2) is 6.72. The average Bonchev–Trinajstić information content (AvgIpc) is 3.23. The van der Waals surface area contributed by atoms with E-state index in [2.05, 4.69) is 20.3 Å². The summed E-state index contributed by atoms with van der Waals surface area (Å²) in [6.45, 7) is 5.84. The summed E-state index contributed by atoms with van der Waals surface area (Å²) in [5.74, 6) is 1.82. The number of ether oxygens (including phenoxy) is 1. The number of aromatic nitrogens is 4. The van der Waals surface area contributed by atoms with E-state index in [1.165, 1.54) is 23.2 Å². The van der Waals surface area contributed by atoms with E-state index in [-0.39, 0.29) is 0 Å². The quantitative estimate of drug-likeness (QED) is 0.908. The van der Waals surface area contributed by atoms with Crippen molar-refractivity contribution in [3.63, 3.8) is 0 Å². The predicted octanol–water partition coefficient (Wildman–Crippen LogP) is 1.51. The molecule has 134 valence electrons. The van der Waals surface area contributed by atoms with Gasteiger partial charge in [0, 0.05) is 50.6 Å². The van der Waals surface area contributed by atoms with Crippen LogP contribution in [0.4, 0.5) is 0 Å². The molecule has 4 heterocycles. The molecule has 1 saturated heterocycles. The summed E-state index contributed by atoms with van der Waals surface area (Å²) in [6, 6.07) is 0.339. The van der Waals surface area contributed by atoms with Crippen LogP contribution in [0.2, 0.25) is 0 Å². The molecule has 7 nitrogen and oxygen atoms in total. The van der Waals surface area contributed by atoms with E-state index in [0.29, 0.717) is 6.04 Å². The molecular weight excluding hydrogens is 316 g/mol. The third-order valence-corrected chi connectivity index (χ3v) is 5.27. The van der Waals surface area contributed by atoms with E-state index in [1.807, 2.05) is 24.9 Å². The first-order valence-electron chi connectivity index (χ1n) is 9.02. The van der Waals surface area contributed by atoms with Crippen LogP contribution in [0.25, 0.3) is 0 Å². The van der Waals surface area contributed by atoms with E-state index in [0.717, 1.165) is 56.4 Å². The van der Waals surface area contributed by atoms with Gasteiger partial charge in [-0.05, 0) is 26.3 Å². The minimum Gasteiger partial charge on any atom is -0.481 e. The Balaban J connectivity index is 1.50. The lowest BCUT2D eigenvalue weighted by Crippen LogP contribution is -2.31. The first-order valence-corrected chi connectivity index (χ1v) is 9.02. The zero-order valence-electron chi connectivity index (χ0n) is 15.2. The Morgan fingerprint density at radius 2 is 2.28 bits per heavy atom. The first-order chi connectivity index (χ1) is 12.2. The molecule has 0 spiro atoms. The largest absolute Gasteiger partial charge is 0.481 e. The summed E-state index contributed by atoms with van der Waals surface area (Å²) in [4.78, 5) is 11.9. The Morgan fingerprint density at radius 1 is 1.40 bits per heavy atom. The van der Waals surface area contributed by atoms with Crippen molar-refractivity contribution in [2.75, 3.05) is 20.2 Å². The lowest BCUT2D eigenvalue weighted by atomic mass is 10.1. The SMILES string of the molecule is COc1c(CN2CCc3nc([C@@H]4CCCN4)ncc3C2)c(C)nn1C. The molecule has 1 N–H and O–H groups in total. The zero-order chi connectivity index (χ0) is 17.4. The number of aryl methyl sites for hydroxylation is 2. The normalized spacial score (nSPS) is 20.7. The summed E-state index contributed by atoms with van der Waals surface area (Å²) < 4.78 is 7.33. The van der Waals surface area contributed by atoms with Crippen molar-refractivity contribution < 1.29 is 4.74 Å². The molecule has 0 radical (unpaired) electrons. The van der Waals surface area contributed by atoms with E-state index < -0.39 is 0 Å². The van der Waals surface area contributed by atoms with Gasteiger partial charge in [-0.15, -0.1) is 0 Å². The molecule has 4 rings (SSSR count). The molecule has 1 fully saturated rings. The molecule has 2 aliphatic rings. The molecule has 0 saturated carbocycles. The van der Waals surface area contributed by atoms with Gasteiger partial charge < -0.3 is 10.1 Å². The standard InChI is InChI=1S/C18H26N6O/c1-12-14(18(25-3)23(2)22-12)11-24-8-6-15-13(10-24)9-20-17(21-15)16-5-4-7-19-16/h9,16,19H,4-8,10-11H2,1-3H3/t16-/m0/s1. The molecule has 0 aliphatic carbocycles. The maximum atomic E-state index is 5.52. The van der Waals surface area contributed by atoms with Crippen LogP contribution < -0.4 is 10.1 Å². The molecular formula is C18H26N6O. The van der Waals surface area contributed by atoms with Crippen molar-refractivity contribution in [2.24, 2.45) is 7.05 Å². The fourth-order valence-corrected chi connectivity index (χ4v) is 3.94. The van der Waals surface area contributed by atoms with Crippen molar-refractivity contribution in [3.05, 3.63) is 34.5 Å². The van der Waals surface area contributed by atoms with E-state index >= 15 is 0 Å². The van der Waals surface area contributed by atoms with Crippen molar-refractivity contribution in [1.82, 2.24) is 30.0 Å². The van der Waals surface area contributed by atoms with Gasteiger partial charge in [-0.2, -0.15) is 5.10 Å². The highest BCUT2D eigenvalue weighted by atomic mass is 16.5. The van der Waals surface area contributed by atoms with Gasteiger partial charge in [0.15, 0.2) is 0 Å². The van der Waals surface area contributed by atoms with Gasteiger partial charge in [-0.3, -0.25) is 4.90 Å². The maximum absolute atomic E-state index is 5.52. The zero-order valence-corrected chi connectivity index (χ0v) is 15.2. The number of rotatable bonds is 4. The maximum Gasteiger partial charge on any atom is 0.216 e. The number of methoxy groups -OCH3 is 1. The highest BCUT2D eigenvalue weighted by Crippen LogP contribution is 2.27. The van der Waals surface area contributed by atoms with Crippen molar-refractivity contribution in [3.8, 4) is 5.88 Å². The Hall–Kier alpha value is -1.99. The summed E-state index contributed by atoms with van der Waals surface area (Å²) in [6.07, 6.45) is 5.35. The molecule has 1 atom stereocenters. The van der Waals surface area contributed by atoms with Gasteiger partial charge in [0.25, 0.3) is 0 Å². The summed E-state index contributed by atoms with van der Waals surface area (Å²) in [7, 11) is 3.63. The summed E-state index contributed by atoms with van der Waals surface area (Å²) in [5, 5.41) is 7.96. The fraction of sp³-hybridized carbons (Fsp3) is 0.611. The lowest BCUT2D eigenvalue weighted by Gasteiger charge is -2.28. The van der Waals surface area contributed by atoms with E-state index in [9.17, 15) is 0 Å². The van der Waals surface area contributed by atoms with Gasteiger partial charge in [0.2, 0.25) is 5.88 Å². The monoisotopic (exact) mass is 342 g/mol. The van der Waals surface area contributed by atoms with Gasteiger partial charge in [-0.25, -0.2) is 14.6 Å². The number of fused-ring (bicyclic) bond motifs is 1. The number of hydrogen-bond donors (Lipinski definition) is 1. The summed E-state index contributed by atoms with van der Waals surface area (Å²) in [5.41, 5.74) is 4.66. The Bertz CT molecular complexity index is 765. The van der Waals surface area contributed by atoms with Crippen molar-refractivity contribution in [1.29, 1.82) is 0 Å². The van der Waals surface area contributed by atoms with Crippen LogP contribution in [0.5, 0.6) is 5.88 Å². The number of nitrogens with one attached hydrogen (secondary N) is 1. The first kappa shape index (κ1) is 16.5. The van der Waals surface area contributed by atoms with Gasteiger partial charge in [-0.1, -0.05) is 0 Å². The fourth-order valence-electron chi connectivity index (χ4n) is 3.94. The van der Waals surface area contributed by atoms with Crippen LogP contribution in [0.1, 0.15) is 47.2 Å². The van der Waals surface area contributed by atoms with Crippen molar-refractivity contribution >= 4 is 0 Å². The molecule has 0 unspecified atom stereocenters. The van der Waals surface area contributed by atoms with Crippen LogP contribution >= 0.6 is 0 Å². The van der Waals surface area contributed by atoms with E-state index in [1.54, 1.807) is 7.11 Å². The molecule has 2 aromatic heterocycles. The third-order valence-electron chi connectivity index (χ3n) is 5.27. The van der Waals surface area contributed by atoms with Crippen LogP contribution in [0.3, 0.4) is 0 Å². The molecule has 0 amide bonds. The summed E-state index contributed by atoms with van der Waals surface area (Å²) >= 11 is 0. The molecule has 7 heteroatoms. The Morgan fingerprint density at radius 3 is 3.04 bits per heavy atom. The second-order valence-corrected chi connectivity index (χ2v) is 7.01. The van der Waals surface area contributed by atoms with Crippen molar-refractivity contribution in [2.45, 2.75) is 45.3 Å². The average molecular weight is 342 g/mol. The second-order valence-electron chi connectivity index (χ2n) is 7.01. The molecule has 2 aliphatic heterocycles. The van der Waals surface area contributed by atoms with Crippen LogP contribution in [0, 0.1) is 6.92 Å². The van der Waals surface area contributed by atoms with Gasteiger partial charge in [0.05, 0.1) is 24.4 Å². The highest BCUT2D eigenvalue weighted by molar-refractivity contribution is 5.31. The highest BCUT2D eigenvalue weighted by Gasteiger charge is 2.24. The number of hydrogen-bond acceptors (Lipinski definition) is 6. The lowest BCUT2D eigenvalue weighted by molar-refractivity contribution is 0.237. The third kappa shape index (κ3) is 3.14. The topological polar surface area (TPSA) is 68.1 Å². The Labute approximate surface area is 148 Å². The van der Waals surface area contributed by atoms with Crippen LogP contribution in [-0.2, 0) is 26.6 Å². The van der Waals surface area contributed by atoms with Gasteiger partial charge >= 0.3 is 0 Å². The minimum absolute atomic E-state index is 0.339. The number of nitrogens with zero attached hydrogens (tertiary/aromatic N) is 5. The van der Waals surface area contributed by atoms with E-state index in [4.69, 9.17) is 9.72 Å². The molecule has 0 aromatic carbocycles. The van der Waals surface area contributed by atoms with Gasteiger partial charge in [0.1, 0.15) is 5.82 Å². The minimum atomic E-state index is 0.339. The molecule has 25 heavy (non-hydrogen) atoms. The molecule has 2 aromatic rings. The van der Waals surface area contributed by atoms with Crippen LogP contribution in [0.15, 0.2) is 6.20 Å². The van der Waals surface area contributed by atoms with Crippen LogP contribution in [-0.4, -0.2) is 44.8 Å². The predicted molar refractivity (Wildman–Crippen MR) is 94.3 cm³/mol. The Kier molecular flexibility index (Phi) is 4.43. The molecule has 0 bridgehead atoms.